The van der Waals surface area contributed by atoms with Crippen molar-refractivity contribution < 1.29 is 31.9 Å². The van der Waals surface area contributed by atoms with Gasteiger partial charge in [-0.1, -0.05) is 0 Å². The number of hydroxylamine groups is 2. The number of ether oxygens (including phenoxy) is 1. The van der Waals surface area contributed by atoms with Gasteiger partial charge >= 0.3 is 16.4 Å². The minimum absolute atomic E-state index is 0.0496. The lowest BCUT2D eigenvalue weighted by atomic mass is 10.0. The Hall–Kier alpha value is -1.43. The number of fused-ring (bicyclic) bond motifs is 2. The minimum atomic E-state index is -4.77. The molecule has 0 unspecified atom stereocenters. The highest BCUT2D eigenvalue weighted by Gasteiger charge is 2.48. The van der Waals surface area contributed by atoms with E-state index in [9.17, 15) is 13.2 Å². The molecule has 2 aliphatic heterocycles. The Morgan fingerprint density at radius 3 is 2.75 bits per heavy atom. The van der Waals surface area contributed by atoms with E-state index >= 15 is 0 Å². The molecule has 2 fully saturated rings. The Labute approximate surface area is 115 Å². The van der Waals surface area contributed by atoms with E-state index in [0.29, 0.717) is 17.9 Å². The number of aliphatic hydroxyl groups is 1. The summed E-state index contributed by atoms with van der Waals surface area (Å²) in [4.78, 5) is 13.3. The maximum atomic E-state index is 12.0. The number of hydrogen-bond donors (Lipinski definition) is 3. The first-order chi connectivity index (χ1) is 9.33. The summed E-state index contributed by atoms with van der Waals surface area (Å²) >= 11 is 0. The Balaban J connectivity index is 2.07. The molecule has 10 nitrogen and oxygen atoms in total. The molecule has 2 heterocycles. The predicted octanol–water partition coefficient (Wildman–Crippen LogP) is -1.02. The van der Waals surface area contributed by atoms with Gasteiger partial charge in [0.1, 0.15) is 12.6 Å². The van der Waals surface area contributed by atoms with Gasteiger partial charge in [-0.25, -0.2) is 4.79 Å². The molecule has 2 aliphatic rings. The van der Waals surface area contributed by atoms with E-state index in [2.05, 4.69) is 4.28 Å². The number of piperidine rings is 1. The van der Waals surface area contributed by atoms with Crippen LogP contribution in [0.1, 0.15) is 12.8 Å². The van der Waals surface area contributed by atoms with Crippen molar-refractivity contribution in [2.75, 3.05) is 19.8 Å². The van der Waals surface area contributed by atoms with Crippen LogP contribution in [-0.2, 0) is 19.4 Å². The molecular weight excluding hydrogens is 294 g/mol. The Kier molecular flexibility index (Phi) is 4.13. The van der Waals surface area contributed by atoms with Crippen molar-refractivity contribution in [2.45, 2.75) is 24.9 Å². The molecule has 2 saturated heterocycles. The standard InChI is InChI=1S/C9H15N3O7S/c10-8(18-4-3-13)7-2-1-6-5-11(7)9(14)12(6)19-20(15,16)17/h6-7,10,13H,1-5H2,(H,15,16,17)/t6-,7+/m1/s1. The Morgan fingerprint density at radius 2 is 2.15 bits per heavy atom. The summed E-state index contributed by atoms with van der Waals surface area (Å²) in [6.45, 7) is -0.112. The predicted molar refractivity (Wildman–Crippen MR) is 64.1 cm³/mol. The van der Waals surface area contributed by atoms with E-state index < -0.39 is 28.5 Å². The van der Waals surface area contributed by atoms with Gasteiger partial charge in [0.25, 0.3) is 0 Å². The van der Waals surface area contributed by atoms with E-state index in [1.807, 2.05) is 0 Å². The Morgan fingerprint density at radius 1 is 1.45 bits per heavy atom. The van der Waals surface area contributed by atoms with Gasteiger partial charge in [0.15, 0.2) is 0 Å². The van der Waals surface area contributed by atoms with E-state index in [1.165, 1.54) is 4.90 Å². The highest BCUT2D eigenvalue weighted by Crippen LogP contribution is 2.31. The third-order valence-corrected chi connectivity index (χ3v) is 3.50. The summed E-state index contributed by atoms with van der Waals surface area (Å²) < 4.78 is 39.3. The topological polar surface area (TPSA) is 140 Å². The molecule has 114 valence electrons. The summed E-state index contributed by atoms with van der Waals surface area (Å²) in [5.41, 5.74) is 0. The molecule has 0 spiro atoms. The number of carbonyl (C=O) groups is 1. The first kappa shape index (κ1) is 15.0. The monoisotopic (exact) mass is 309 g/mol. The van der Waals surface area contributed by atoms with Crippen molar-refractivity contribution in [2.24, 2.45) is 0 Å². The number of nitrogens with zero attached hydrogens (tertiary/aromatic N) is 2. The number of carbonyl (C=O) groups excluding carboxylic acids is 1. The van der Waals surface area contributed by atoms with Crippen molar-refractivity contribution in [3.05, 3.63) is 0 Å². The molecule has 0 saturated carbocycles. The van der Waals surface area contributed by atoms with E-state index in [4.69, 9.17) is 19.8 Å². The Bertz CT molecular complexity index is 508. The largest absolute Gasteiger partial charge is 0.477 e. The van der Waals surface area contributed by atoms with Crippen molar-refractivity contribution in [3.63, 3.8) is 0 Å². The van der Waals surface area contributed by atoms with Gasteiger partial charge in [-0.2, -0.15) is 13.5 Å². The van der Waals surface area contributed by atoms with Gasteiger partial charge in [-0.05, 0) is 12.8 Å². The van der Waals surface area contributed by atoms with E-state index in [1.54, 1.807) is 0 Å². The molecule has 0 aromatic rings. The fraction of sp³-hybridized carbons (Fsp3) is 0.778. The average molecular weight is 309 g/mol. The van der Waals surface area contributed by atoms with Gasteiger partial charge in [-0.3, -0.25) is 9.96 Å². The number of nitrogens with one attached hydrogen (secondary N) is 1. The lowest BCUT2D eigenvalue weighted by Crippen LogP contribution is -2.45. The summed E-state index contributed by atoms with van der Waals surface area (Å²) in [6.07, 6.45) is 0.819. The summed E-state index contributed by atoms with van der Waals surface area (Å²) in [7, 11) is -4.77. The normalized spacial score (nSPS) is 26.0. The van der Waals surface area contributed by atoms with Crippen LogP contribution >= 0.6 is 0 Å². The van der Waals surface area contributed by atoms with Crippen LogP contribution < -0.4 is 0 Å². The quantitative estimate of drug-likeness (QED) is 0.335. The first-order valence-corrected chi connectivity index (χ1v) is 7.29. The van der Waals surface area contributed by atoms with Crippen molar-refractivity contribution in [1.29, 1.82) is 5.41 Å². The maximum absolute atomic E-state index is 12.0. The second kappa shape index (κ2) is 5.52. The van der Waals surface area contributed by atoms with Crippen LogP contribution in [-0.4, -0.2) is 71.8 Å². The van der Waals surface area contributed by atoms with Crippen LogP contribution in [0.3, 0.4) is 0 Å². The van der Waals surface area contributed by atoms with E-state index in [0.717, 1.165) is 0 Å². The number of rotatable bonds is 5. The summed E-state index contributed by atoms with van der Waals surface area (Å²) in [6, 6.07) is -1.86. The van der Waals surface area contributed by atoms with Gasteiger partial charge in [0.2, 0.25) is 5.90 Å². The molecule has 0 aromatic carbocycles. The van der Waals surface area contributed by atoms with Crippen molar-refractivity contribution >= 4 is 22.3 Å². The minimum Gasteiger partial charge on any atom is -0.477 e. The van der Waals surface area contributed by atoms with Crippen LogP contribution in [0.15, 0.2) is 0 Å². The second-order valence-corrected chi connectivity index (χ2v) is 5.45. The molecule has 3 N–H and O–H groups in total. The van der Waals surface area contributed by atoms with Crippen LogP contribution in [0.4, 0.5) is 4.79 Å². The van der Waals surface area contributed by atoms with Crippen LogP contribution in [0.5, 0.6) is 0 Å². The number of amides is 2. The molecule has 0 aliphatic carbocycles. The molecular formula is C9H15N3O7S. The van der Waals surface area contributed by atoms with Crippen molar-refractivity contribution in [1.82, 2.24) is 9.96 Å². The van der Waals surface area contributed by atoms with Gasteiger partial charge in [-0.15, -0.1) is 4.28 Å². The lowest BCUT2D eigenvalue weighted by molar-refractivity contribution is -0.0316. The first-order valence-electron chi connectivity index (χ1n) is 5.92. The van der Waals surface area contributed by atoms with Crippen LogP contribution in [0.2, 0.25) is 0 Å². The smallest absolute Gasteiger partial charge is 0.418 e. The molecule has 2 rings (SSSR count). The number of urea groups is 1. The zero-order valence-electron chi connectivity index (χ0n) is 10.4. The molecule has 0 radical (unpaired) electrons. The molecule has 0 aromatic heterocycles. The maximum Gasteiger partial charge on any atom is 0.418 e. The molecule has 2 atom stereocenters. The SMILES string of the molecule is N=C(OCCO)[C@@H]1CC[C@@H]2CN1C(=O)N2OS(=O)(=O)O. The summed E-state index contributed by atoms with van der Waals surface area (Å²) in [5.74, 6) is -0.167. The highest BCUT2D eigenvalue weighted by molar-refractivity contribution is 7.80. The van der Waals surface area contributed by atoms with Gasteiger partial charge < -0.3 is 14.7 Å². The molecule has 2 bridgehead atoms. The van der Waals surface area contributed by atoms with Gasteiger partial charge in [0.05, 0.1) is 12.6 Å². The fourth-order valence-electron chi connectivity index (χ4n) is 2.36. The molecule has 11 heteroatoms. The number of aliphatic hydroxyl groups excluding tert-OH is 1. The van der Waals surface area contributed by atoms with E-state index in [-0.39, 0.29) is 25.7 Å². The third kappa shape index (κ3) is 3.00. The van der Waals surface area contributed by atoms with Gasteiger partial charge in [0, 0.05) is 6.54 Å². The average Bonchev–Trinajstić information content (AvgIpc) is 2.60. The van der Waals surface area contributed by atoms with Crippen molar-refractivity contribution in [3.8, 4) is 0 Å². The molecule has 2 amide bonds. The number of hydrogen-bond acceptors (Lipinski definition) is 7. The fourth-order valence-corrected chi connectivity index (χ4v) is 2.74. The second-order valence-electron chi connectivity index (χ2n) is 4.45. The lowest BCUT2D eigenvalue weighted by Gasteiger charge is -2.30. The zero-order valence-corrected chi connectivity index (χ0v) is 11.2. The zero-order chi connectivity index (χ0) is 14.9. The summed E-state index contributed by atoms with van der Waals surface area (Å²) in [5, 5.41) is 17.0. The third-order valence-electron chi connectivity index (χ3n) is 3.15. The van der Waals surface area contributed by atoms with Crippen LogP contribution in [0.25, 0.3) is 0 Å². The van der Waals surface area contributed by atoms with Crippen LogP contribution in [0, 0.1) is 5.41 Å². The highest BCUT2D eigenvalue weighted by atomic mass is 32.3. The molecule has 20 heavy (non-hydrogen) atoms.